The monoisotopic (exact) mass is 172 g/mol. The molecule has 0 unspecified atom stereocenters. The summed E-state index contributed by atoms with van der Waals surface area (Å²) in [4.78, 5) is 10.2. The maximum Gasteiger partial charge on any atom is 0.708 e. The molecular formula is C5H5BO4S. The summed E-state index contributed by atoms with van der Waals surface area (Å²) in [6, 6.07) is 1.54. The van der Waals surface area contributed by atoms with Crippen molar-refractivity contribution in [1.29, 1.82) is 0 Å². The quantitative estimate of drug-likeness (QED) is 0.493. The van der Waals surface area contributed by atoms with Crippen LogP contribution >= 0.6 is 11.3 Å². The molecule has 0 saturated heterocycles. The lowest BCUT2D eigenvalue weighted by molar-refractivity contribution is 0.112. The molecule has 0 fully saturated rings. The maximum atomic E-state index is 10.2. The van der Waals surface area contributed by atoms with E-state index >= 15 is 0 Å². The Balaban J connectivity index is 2.76. The fraction of sp³-hybridized carbons (Fsp3) is 0. The Morgan fingerprint density at radius 2 is 2.36 bits per heavy atom. The third kappa shape index (κ3) is 2.04. The Hall–Kier alpha value is -0.845. The Morgan fingerprint density at radius 3 is 2.91 bits per heavy atom. The molecule has 0 aliphatic heterocycles. The van der Waals surface area contributed by atoms with Crippen LogP contribution in [0.2, 0.25) is 0 Å². The summed E-state index contributed by atoms with van der Waals surface area (Å²) < 4.78 is 4.47. The number of rotatable bonds is 3. The molecular weight excluding hydrogens is 167 g/mol. The zero-order chi connectivity index (χ0) is 8.27. The van der Waals surface area contributed by atoms with Crippen LogP contribution in [0.1, 0.15) is 10.4 Å². The van der Waals surface area contributed by atoms with Crippen molar-refractivity contribution >= 4 is 24.9 Å². The van der Waals surface area contributed by atoms with E-state index in [4.69, 9.17) is 10.0 Å². The zero-order valence-corrected chi connectivity index (χ0v) is 6.25. The van der Waals surface area contributed by atoms with E-state index in [0.717, 1.165) is 11.3 Å². The van der Waals surface area contributed by atoms with Gasteiger partial charge in [-0.1, -0.05) is 0 Å². The average Bonchev–Trinajstić information content (AvgIpc) is 2.34. The molecule has 0 spiro atoms. The predicted octanol–water partition coefficient (Wildman–Crippen LogP) is -0.0911. The van der Waals surface area contributed by atoms with Gasteiger partial charge in [0.25, 0.3) is 0 Å². The van der Waals surface area contributed by atoms with Crippen LogP contribution in [0.15, 0.2) is 11.4 Å². The maximum absolute atomic E-state index is 10.2. The van der Waals surface area contributed by atoms with E-state index < -0.39 is 7.32 Å². The molecule has 1 rings (SSSR count). The summed E-state index contributed by atoms with van der Waals surface area (Å²) in [6.45, 7) is 0. The van der Waals surface area contributed by atoms with Crippen molar-refractivity contribution in [2.75, 3.05) is 0 Å². The van der Waals surface area contributed by atoms with Gasteiger partial charge in [-0.25, -0.2) is 0 Å². The predicted molar refractivity (Wildman–Crippen MR) is 40.5 cm³/mol. The van der Waals surface area contributed by atoms with Gasteiger partial charge in [0.1, 0.15) is 0 Å². The standard InChI is InChI=1S/C5H5BO4S/c7-3-4-1-2-11-5(4)10-6(8)9/h1-3,8-9H. The van der Waals surface area contributed by atoms with E-state index in [1.54, 1.807) is 5.38 Å². The van der Waals surface area contributed by atoms with Crippen LogP contribution in [-0.2, 0) is 0 Å². The number of carbonyl (C=O) groups excluding carboxylic acids is 1. The number of hydrogen-bond donors (Lipinski definition) is 2. The summed E-state index contributed by atoms with van der Waals surface area (Å²) in [5.74, 6) is 0. The Bertz CT molecular complexity index is 246. The molecule has 4 nitrogen and oxygen atoms in total. The normalized spacial score (nSPS) is 9.27. The van der Waals surface area contributed by atoms with Gasteiger partial charge in [-0.3, -0.25) is 4.79 Å². The van der Waals surface area contributed by atoms with Crippen LogP contribution in [0.25, 0.3) is 0 Å². The topological polar surface area (TPSA) is 66.8 Å². The highest BCUT2D eigenvalue weighted by Gasteiger charge is 2.14. The van der Waals surface area contributed by atoms with Crippen LogP contribution in [0.3, 0.4) is 0 Å². The van der Waals surface area contributed by atoms with Gasteiger partial charge in [0.15, 0.2) is 11.3 Å². The minimum absolute atomic E-state index is 0.218. The second kappa shape index (κ2) is 3.52. The van der Waals surface area contributed by atoms with Crippen molar-refractivity contribution in [3.05, 3.63) is 17.0 Å². The van der Waals surface area contributed by atoms with Crippen molar-refractivity contribution in [2.24, 2.45) is 0 Å². The minimum atomic E-state index is -1.87. The van der Waals surface area contributed by atoms with E-state index in [-0.39, 0.29) is 5.06 Å². The third-order valence-electron chi connectivity index (χ3n) is 0.998. The molecule has 1 heterocycles. The number of thiophene rings is 1. The van der Waals surface area contributed by atoms with Crippen molar-refractivity contribution in [3.8, 4) is 5.06 Å². The molecule has 2 N–H and O–H groups in total. The molecule has 0 amide bonds. The van der Waals surface area contributed by atoms with Gasteiger partial charge >= 0.3 is 7.32 Å². The Kier molecular flexibility index (Phi) is 2.64. The lowest BCUT2D eigenvalue weighted by atomic mass is 10.2. The second-order valence-corrected chi connectivity index (χ2v) is 2.60. The molecule has 58 valence electrons. The highest BCUT2D eigenvalue weighted by molar-refractivity contribution is 7.12. The van der Waals surface area contributed by atoms with Gasteiger partial charge in [-0.2, -0.15) is 0 Å². The van der Waals surface area contributed by atoms with Crippen LogP contribution in [0, 0.1) is 0 Å². The van der Waals surface area contributed by atoms with Crippen molar-refractivity contribution in [2.45, 2.75) is 0 Å². The molecule has 6 heteroatoms. The van der Waals surface area contributed by atoms with Crippen LogP contribution in [-0.4, -0.2) is 23.7 Å². The SMILES string of the molecule is O=Cc1ccsc1OB(O)O. The first-order chi connectivity index (χ1) is 5.24. The smallest absolute Gasteiger partial charge is 0.504 e. The lowest BCUT2D eigenvalue weighted by Crippen LogP contribution is -2.20. The number of carbonyl (C=O) groups is 1. The van der Waals surface area contributed by atoms with Crippen molar-refractivity contribution in [1.82, 2.24) is 0 Å². The minimum Gasteiger partial charge on any atom is -0.504 e. The van der Waals surface area contributed by atoms with Crippen LogP contribution in [0.4, 0.5) is 0 Å². The molecule has 1 aromatic rings. The highest BCUT2D eigenvalue weighted by atomic mass is 32.1. The van der Waals surface area contributed by atoms with Crippen LogP contribution in [0.5, 0.6) is 5.06 Å². The fourth-order valence-electron chi connectivity index (χ4n) is 0.584. The third-order valence-corrected chi connectivity index (χ3v) is 1.82. The lowest BCUT2D eigenvalue weighted by Gasteiger charge is -2.00. The zero-order valence-electron chi connectivity index (χ0n) is 5.43. The summed E-state index contributed by atoms with van der Waals surface area (Å²) in [6.07, 6.45) is 0.591. The summed E-state index contributed by atoms with van der Waals surface area (Å²) >= 11 is 1.13. The van der Waals surface area contributed by atoms with Gasteiger partial charge < -0.3 is 14.7 Å². The van der Waals surface area contributed by atoms with E-state index in [0.29, 0.717) is 11.8 Å². The van der Waals surface area contributed by atoms with Gasteiger partial charge in [-0.15, -0.1) is 11.3 Å². The van der Waals surface area contributed by atoms with Gasteiger partial charge in [0.05, 0.1) is 5.56 Å². The molecule has 1 aromatic heterocycles. The first kappa shape index (κ1) is 8.25. The largest absolute Gasteiger partial charge is 0.708 e. The van der Waals surface area contributed by atoms with E-state index in [2.05, 4.69) is 4.65 Å². The van der Waals surface area contributed by atoms with Crippen molar-refractivity contribution < 1.29 is 19.5 Å². The fourth-order valence-corrected chi connectivity index (χ4v) is 1.32. The summed E-state index contributed by atoms with van der Waals surface area (Å²) in [7, 11) is -1.87. The highest BCUT2D eigenvalue weighted by Crippen LogP contribution is 2.24. The van der Waals surface area contributed by atoms with Crippen molar-refractivity contribution in [3.63, 3.8) is 0 Å². The number of hydrogen-bond acceptors (Lipinski definition) is 5. The average molecular weight is 172 g/mol. The Morgan fingerprint density at radius 1 is 1.64 bits per heavy atom. The van der Waals surface area contributed by atoms with E-state index in [1.165, 1.54) is 6.07 Å². The molecule has 11 heavy (non-hydrogen) atoms. The summed E-state index contributed by atoms with van der Waals surface area (Å²) in [5.41, 5.74) is 0.322. The van der Waals surface area contributed by atoms with Gasteiger partial charge in [0, 0.05) is 0 Å². The first-order valence-electron chi connectivity index (χ1n) is 2.79. The molecule has 0 saturated carbocycles. The first-order valence-corrected chi connectivity index (χ1v) is 3.67. The van der Waals surface area contributed by atoms with Gasteiger partial charge in [-0.05, 0) is 11.4 Å². The van der Waals surface area contributed by atoms with E-state index in [1.807, 2.05) is 0 Å². The number of aldehydes is 1. The molecule has 0 aliphatic carbocycles. The Labute approximate surface area is 67.2 Å². The molecule has 0 atom stereocenters. The molecule has 0 aliphatic rings. The van der Waals surface area contributed by atoms with E-state index in [9.17, 15) is 4.79 Å². The second-order valence-electron chi connectivity index (χ2n) is 1.73. The molecule has 0 radical (unpaired) electrons. The summed E-state index contributed by atoms with van der Waals surface area (Å²) in [5, 5.41) is 18.6. The van der Waals surface area contributed by atoms with Gasteiger partial charge in [0.2, 0.25) is 0 Å². The molecule has 0 bridgehead atoms. The molecule has 0 aromatic carbocycles. The van der Waals surface area contributed by atoms with Crippen LogP contribution < -0.4 is 4.65 Å².